The van der Waals surface area contributed by atoms with E-state index in [0.717, 1.165) is 17.0 Å². The Morgan fingerprint density at radius 2 is 1.75 bits per heavy atom. The molecule has 0 radical (unpaired) electrons. The molecule has 3 rings (SSSR count). The molecule has 150 valence electrons. The van der Waals surface area contributed by atoms with E-state index in [-0.39, 0.29) is 16.4 Å². The first-order chi connectivity index (χ1) is 13.0. The van der Waals surface area contributed by atoms with Crippen molar-refractivity contribution in [1.82, 2.24) is 4.41 Å². The Morgan fingerprint density at radius 3 is 2.32 bits per heavy atom. The lowest BCUT2D eigenvalue weighted by Gasteiger charge is -2.33. The zero-order valence-electron chi connectivity index (χ0n) is 16.8. The van der Waals surface area contributed by atoms with Gasteiger partial charge in [-0.1, -0.05) is 44.5 Å². The summed E-state index contributed by atoms with van der Waals surface area (Å²) in [6, 6.07) is 13.9. The molecule has 0 saturated heterocycles. The van der Waals surface area contributed by atoms with Crippen LogP contribution < -0.4 is 4.90 Å². The molecule has 0 amide bonds. The molecule has 0 unspecified atom stereocenters. The lowest BCUT2D eigenvalue weighted by Crippen LogP contribution is -2.41. The summed E-state index contributed by atoms with van der Waals surface area (Å²) in [5, 5.41) is 5.09. The fourth-order valence-electron chi connectivity index (χ4n) is 3.20. The van der Waals surface area contributed by atoms with Gasteiger partial charge in [-0.05, 0) is 47.4 Å². The minimum absolute atomic E-state index is 0.193. The minimum Gasteiger partial charge on any atom is -0.378 e. The number of nitrogens with zero attached hydrogens (tertiary/aromatic N) is 3. The highest BCUT2D eigenvalue weighted by Gasteiger charge is 2.42. The van der Waals surface area contributed by atoms with Crippen LogP contribution in [0.2, 0.25) is 5.02 Å². The van der Waals surface area contributed by atoms with E-state index < -0.39 is 10.0 Å². The first-order valence-electron chi connectivity index (χ1n) is 9.15. The van der Waals surface area contributed by atoms with Gasteiger partial charge in [0.2, 0.25) is 0 Å². The molecule has 0 aromatic heterocycles. The standard InChI is InChI=1S/C21H26ClN3O2S/c1-21(2,3)20-14-19(15-7-6-8-17(13-15)24(4)5)23-25(20)28(26,27)18-11-9-16(22)10-12-18/h6-13,20H,14H2,1-5H3/t20-/m0/s1. The van der Waals surface area contributed by atoms with Crippen LogP contribution in [0.1, 0.15) is 32.8 Å². The zero-order chi connectivity index (χ0) is 20.7. The number of hydrogen-bond donors (Lipinski definition) is 0. The fourth-order valence-corrected chi connectivity index (χ4v) is 4.96. The molecule has 7 heteroatoms. The Morgan fingerprint density at radius 1 is 1.11 bits per heavy atom. The van der Waals surface area contributed by atoms with Crippen LogP contribution in [0.25, 0.3) is 0 Å². The Labute approximate surface area is 172 Å². The van der Waals surface area contributed by atoms with Gasteiger partial charge >= 0.3 is 0 Å². The van der Waals surface area contributed by atoms with E-state index in [9.17, 15) is 8.42 Å². The molecule has 1 aliphatic rings. The maximum Gasteiger partial charge on any atom is 0.279 e. The second-order valence-corrected chi connectivity index (χ2v) is 10.5. The lowest BCUT2D eigenvalue weighted by molar-refractivity contribution is 0.203. The van der Waals surface area contributed by atoms with E-state index in [1.165, 1.54) is 16.5 Å². The van der Waals surface area contributed by atoms with Gasteiger partial charge in [-0.15, -0.1) is 0 Å². The highest BCUT2D eigenvalue weighted by atomic mass is 35.5. The van der Waals surface area contributed by atoms with Gasteiger partial charge in [0.1, 0.15) is 0 Å². The highest BCUT2D eigenvalue weighted by Crippen LogP contribution is 2.37. The van der Waals surface area contributed by atoms with Crippen molar-refractivity contribution in [2.75, 3.05) is 19.0 Å². The number of sulfonamides is 1. The van der Waals surface area contributed by atoms with E-state index in [1.54, 1.807) is 12.1 Å². The predicted molar refractivity (Wildman–Crippen MR) is 116 cm³/mol. The first-order valence-corrected chi connectivity index (χ1v) is 11.0. The average molecular weight is 420 g/mol. The molecule has 2 aromatic rings. The van der Waals surface area contributed by atoms with E-state index in [1.807, 2.05) is 64.0 Å². The van der Waals surface area contributed by atoms with Gasteiger partial charge in [-0.2, -0.15) is 17.9 Å². The third-order valence-electron chi connectivity index (χ3n) is 4.93. The SMILES string of the molecule is CN(C)c1cccc(C2=NN(S(=O)(=O)c3ccc(Cl)cc3)[C@H](C(C)(C)C)C2)c1. The van der Waals surface area contributed by atoms with Gasteiger partial charge in [0.25, 0.3) is 10.0 Å². The number of hydrogen-bond acceptors (Lipinski definition) is 4. The topological polar surface area (TPSA) is 53.0 Å². The van der Waals surface area contributed by atoms with Crippen LogP contribution in [-0.2, 0) is 10.0 Å². The molecule has 28 heavy (non-hydrogen) atoms. The van der Waals surface area contributed by atoms with Crippen molar-refractivity contribution >= 4 is 33.0 Å². The normalized spacial score (nSPS) is 17.6. The second-order valence-electron chi connectivity index (χ2n) is 8.31. The molecular weight excluding hydrogens is 394 g/mol. The molecule has 0 aliphatic carbocycles. The van der Waals surface area contributed by atoms with Crippen molar-refractivity contribution in [3.8, 4) is 0 Å². The molecule has 0 saturated carbocycles. The number of halogens is 1. The van der Waals surface area contributed by atoms with Crippen LogP contribution in [-0.4, -0.2) is 38.7 Å². The van der Waals surface area contributed by atoms with Crippen LogP contribution in [0.3, 0.4) is 0 Å². The Balaban J connectivity index is 2.06. The number of benzene rings is 2. The monoisotopic (exact) mass is 419 g/mol. The van der Waals surface area contributed by atoms with Crippen LogP contribution in [0.15, 0.2) is 58.5 Å². The molecule has 5 nitrogen and oxygen atoms in total. The van der Waals surface area contributed by atoms with Gasteiger partial charge in [0.05, 0.1) is 16.6 Å². The van der Waals surface area contributed by atoms with Crippen molar-refractivity contribution in [1.29, 1.82) is 0 Å². The molecule has 0 N–H and O–H groups in total. The summed E-state index contributed by atoms with van der Waals surface area (Å²) in [6.45, 7) is 6.12. The highest BCUT2D eigenvalue weighted by molar-refractivity contribution is 7.89. The zero-order valence-corrected chi connectivity index (χ0v) is 18.4. The Kier molecular flexibility index (Phi) is 5.47. The van der Waals surface area contributed by atoms with Crippen LogP contribution >= 0.6 is 11.6 Å². The molecular formula is C21H26ClN3O2S. The minimum atomic E-state index is -3.78. The van der Waals surface area contributed by atoms with Crippen molar-refractivity contribution < 1.29 is 8.42 Å². The quantitative estimate of drug-likeness (QED) is 0.726. The number of hydrazone groups is 1. The molecule has 2 aromatic carbocycles. The lowest BCUT2D eigenvalue weighted by atomic mass is 9.84. The third-order valence-corrected chi connectivity index (χ3v) is 6.87. The van der Waals surface area contributed by atoms with Gasteiger partial charge < -0.3 is 4.90 Å². The maximum atomic E-state index is 13.3. The first kappa shape index (κ1) is 20.7. The van der Waals surface area contributed by atoms with Gasteiger partial charge in [-0.25, -0.2) is 0 Å². The molecule has 0 fully saturated rings. The van der Waals surface area contributed by atoms with Crippen LogP contribution in [0.4, 0.5) is 5.69 Å². The Bertz CT molecular complexity index is 993. The summed E-state index contributed by atoms with van der Waals surface area (Å²) in [7, 11) is 0.176. The van der Waals surface area contributed by atoms with Crippen LogP contribution in [0.5, 0.6) is 0 Å². The van der Waals surface area contributed by atoms with Crippen molar-refractivity contribution in [3.63, 3.8) is 0 Å². The summed E-state index contributed by atoms with van der Waals surface area (Å²) >= 11 is 5.93. The molecule has 1 heterocycles. The fraction of sp³-hybridized carbons (Fsp3) is 0.381. The number of rotatable bonds is 4. The second kappa shape index (κ2) is 7.41. The molecule has 1 atom stereocenters. The third kappa shape index (κ3) is 4.03. The number of anilines is 1. The summed E-state index contributed by atoms with van der Waals surface area (Å²) in [4.78, 5) is 2.21. The summed E-state index contributed by atoms with van der Waals surface area (Å²) in [5.74, 6) is 0. The molecule has 1 aliphatic heterocycles. The van der Waals surface area contributed by atoms with Gasteiger partial charge in [-0.3, -0.25) is 0 Å². The van der Waals surface area contributed by atoms with E-state index in [4.69, 9.17) is 11.6 Å². The Hall–Kier alpha value is -2.05. The van der Waals surface area contributed by atoms with Crippen molar-refractivity contribution in [3.05, 3.63) is 59.1 Å². The largest absolute Gasteiger partial charge is 0.378 e. The molecule has 0 bridgehead atoms. The summed E-state index contributed by atoms with van der Waals surface area (Å²) < 4.78 is 27.9. The predicted octanol–water partition coefficient (Wildman–Crippen LogP) is 4.62. The van der Waals surface area contributed by atoms with Crippen LogP contribution in [0, 0.1) is 5.41 Å². The maximum absolute atomic E-state index is 13.3. The summed E-state index contributed by atoms with van der Waals surface area (Å²) in [5.41, 5.74) is 2.49. The summed E-state index contributed by atoms with van der Waals surface area (Å²) in [6.07, 6.45) is 0.563. The molecule has 0 spiro atoms. The van der Waals surface area contributed by atoms with E-state index in [0.29, 0.717) is 11.4 Å². The van der Waals surface area contributed by atoms with E-state index in [2.05, 4.69) is 5.10 Å². The van der Waals surface area contributed by atoms with Gasteiger partial charge in [0, 0.05) is 31.2 Å². The van der Waals surface area contributed by atoms with Crippen molar-refractivity contribution in [2.24, 2.45) is 10.5 Å². The smallest absolute Gasteiger partial charge is 0.279 e. The van der Waals surface area contributed by atoms with Crippen molar-refractivity contribution in [2.45, 2.75) is 38.1 Å². The average Bonchev–Trinajstić information content (AvgIpc) is 3.09. The van der Waals surface area contributed by atoms with Gasteiger partial charge in [0.15, 0.2) is 0 Å². The van der Waals surface area contributed by atoms with E-state index >= 15 is 0 Å².